The molecule has 0 bridgehead atoms. The molecule has 1 amide bonds. The van der Waals surface area contributed by atoms with E-state index in [9.17, 15) is 14.9 Å². The van der Waals surface area contributed by atoms with Gasteiger partial charge in [-0.3, -0.25) is 4.79 Å². The summed E-state index contributed by atoms with van der Waals surface area (Å²) >= 11 is 0. The quantitative estimate of drug-likeness (QED) is 0.578. The number of morpholine rings is 1. The molecule has 1 aromatic rings. The number of aryl methyl sites for hydroxylation is 1. The second-order valence-electron chi connectivity index (χ2n) is 4.73. The average Bonchev–Trinajstić information content (AvgIpc) is 2.68. The van der Waals surface area contributed by atoms with Crippen LogP contribution in [0.4, 0.5) is 5.82 Å². The molecule has 8 heteroatoms. The van der Waals surface area contributed by atoms with Gasteiger partial charge in [-0.15, -0.1) is 4.68 Å². The monoisotopic (exact) mass is 268 g/mol. The summed E-state index contributed by atoms with van der Waals surface area (Å²) in [7, 11) is 1.44. The topological polar surface area (TPSA) is 90.5 Å². The fourth-order valence-electron chi connectivity index (χ4n) is 2.31. The van der Waals surface area contributed by atoms with E-state index < -0.39 is 4.92 Å². The first-order valence-electron chi connectivity index (χ1n) is 6.01. The Balaban J connectivity index is 2.27. The molecule has 2 heterocycles. The van der Waals surface area contributed by atoms with Crippen molar-refractivity contribution in [3.05, 3.63) is 21.9 Å². The summed E-state index contributed by atoms with van der Waals surface area (Å²) < 4.78 is 6.63. The third kappa shape index (κ3) is 2.58. The van der Waals surface area contributed by atoms with Crippen LogP contribution in [-0.2, 0) is 11.8 Å². The lowest BCUT2D eigenvalue weighted by Crippen LogP contribution is -2.48. The first-order chi connectivity index (χ1) is 8.90. The van der Waals surface area contributed by atoms with E-state index in [0.29, 0.717) is 13.1 Å². The van der Waals surface area contributed by atoms with Gasteiger partial charge in [-0.2, -0.15) is 0 Å². The number of rotatable bonds is 2. The summed E-state index contributed by atoms with van der Waals surface area (Å²) in [5.74, 6) is -0.654. The van der Waals surface area contributed by atoms with E-state index in [1.54, 1.807) is 4.90 Å². The van der Waals surface area contributed by atoms with Gasteiger partial charge >= 0.3 is 5.82 Å². The van der Waals surface area contributed by atoms with Crippen molar-refractivity contribution < 1.29 is 14.5 Å². The molecule has 2 rings (SSSR count). The van der Waals surface area contributed by atoms with Crippen LogP contribution in [0.5, 0.6) is 0 Å². The normalized spacial score (nSPS) is 23.4. The minimum atomic E-state index is -0.590. The van der Waals surface area contributed by atoms with Crippen LogP contribution in [0.3, 0.4) is 0 Å². The second-order valence-corrected chi connectivity index (χ2v) is 4.73. The fraction of sp³-hybridized carbons (Fsp3) is 0.636. The predicted octanol–water partition coefficient (Wildman–Crippen LogP) is 0.578. The molecule has 0 aromatic carbocycles. The molecule has 1 fully saturated rings. The number of hydrogen-bond donors (Lipinski definition) is 0. The molecule has 0 aliphatic carbocycles. The molecule has 2 atom stereocenters. The van der Waals surface area contributed by atoms with Gasteiger partial charge in [0, 0.05) is 13.1 Å². The van der Waals surface area contributed by atoms with E-state index in [-0.39, 0.29) is 29.5 Å². The van der Waals surface area contributed by atoms with E-state index in [2.05, 4.69) is 5.10 Å². The van der Waals surface area contributed by atoms with E-state index in [0.717, 1.165) is 4.68 Å². The van der Waals surface area contributed by atoms with E-state index in [1.807, 2.05) is 13.8 Å². The summed E-state index contributed by atoms with van der Waals surface area (Å²) in [6, 6.07) is 0. The molecular weight excluding hydrogens is 252 g/mol. The maximum Gasteiger partial charge on any atom is 0.357 e. The van der Waals surface area contributed by atoms with Crippen LogP contribution in [0, 0.1) is 10.1 Å². The van der Waals surface area contributed by atoms with Crippen LogP contribution in [0.2, 0.25) is 0 Å². The van der Waals surface area contributed by atoms with E-state index in [4.69, 9.17) is 4.74 Å². The van der Waals surface area contributed by atoms with Gasteiger partial charge in [0.15, 0.2) is 5.56 Å². The smallest absolute Gasteiger partial charge is 0.357 e. The van der Waals surface area contributed by atoms with Crippen LogP contribution in [0.1, 0.15) is 24.2 Å². The maximum atomic E-state index is 12.3. The first-order valence-corrected chi connectivity index (χ1v) is 6.01. The number of carbonyl (C=O) groups is 1. The van der Waals surface area contributed by atoms with Crippen molar-refractivity contribution >= 4 is 11.7 Å². The summed E-state index contributed by atoms with van der Waals surface area (Å²) in [5.41, 5.74) is 0.0220. The third-order valence-electron chi connectivity index (χ3n) is 3.02. The minimum Gasteiger partial charge on any atom is -0.372 e. The Morgan fingerprint density at radius 3 is 2.58 bits per heavy atom. The fourth-order valence-corrected chi connectivity index (χ4v) is 2.31. The Labute approximate surface area is 110 Å². The highest BCUT2D eigenvalue weighted by molar-refractivity contribution is 5.97. The zero-order valence-electron chi connectivity index (χ0n) is 11.1. The molecule has 0 radical (unpaired) electrons. The number of amides is 1. The Hall–Kier alpha value is -1.96. The molecule has 8 nitrogen and oxygen atoms in total. The number of nitro groups is 1. The minimum absolute atomic E-state index is 0.0220. The summed E-state index contributed by atoms with van der Waals surface area (Å²) in [6.45, 7) is 4.59. The van der Waals surface area contributed by atoms with Gasteiger partial charge in [0.25, 0.3) is 5.91 Å². The summed E-state index contributed by atoms with van der Waals surface area (Å²) in [6.07, 6.45) is 1.08. The highest BCUT2D eigenvalue weighted by atomic mass is 16.6. The van der Waals surface area contributed by atoms with E-state index >= 15 is 0 Å². The highest BCUT2D eigenvalue weighted by Gasteiger charge is 2.32. The molecule has 1 aromatic heterocycles. The van der Waals surface area contributed by atoms with Gasteiger partial charge in [-0.1, -0.05) is 5.10 Å². The predicted molar refractivity (Wildman–Crippen MR) is 65.8 cm³/mol. The van der Waals surface area contributed by atoms with Crippen molar-refractivity contribution in [1.29, 1.82) is 0 Å². The Bertz CT molecular complexity index is 503. The van der Waals surface area contributed by atoms with Crippen LogP contribution < -0.4 is 0 Å². The molecule has 0 N–H and O–H groups in total. The summed E-state index contributed by atoms with van der Waals surface area (Å²) in [4.78, 5) is 24.3. The highest BCUT2D eigenvalue weighted by Crippen LogP contribution is 2.21. The molecule has 19 heavy (non-hydrogen) atoms. The van der Waals surface area contributed by atoms with Gasteiger partial charge in [-0.25, -0.2) is 0 Å². The molecule has 1 aliphatic heterocycles. The van der Waals surface area contributed by atoms with Gasteiger partial charge in [0.1, 0.15) is 7.05 Å². The van der Waals surface area contributed by atoms with Crippen LogP contribution in [0.25, 0.3) is 0 Å². The third-order valence-corrected chi connectivity index (χ3v) is 3.02. The lowest BCUT2D eigenvalue weighted by atomic mass is 10.2. The number of nitrogens with zero attached hydrogens (tertiary/aromatic N) is 4. The van der Waals surface area contributed by atoms with Crippen LogP contribution in [-0.4, -0.2) is 50.8 Å². The summed E-state index contributed by atoms with van der Waals surface area (Å²) in [5, 5.41) is 14.8. The van der Waals surface area contributed by atoms with Crippen molar-refractivity contribution in [2.24, 2.45) is 7.05 Å². The van der Waals surface area contributed by atoms with Crippen molar-refractivity contribution in [2.45, 2.75) is 26.1 Å². The molecule has 1 saturated heterocycles. The Morgan fingerprint density at radius 1 is 1.47 bits per heavy atom. The largest absolute Gasteiger partial charge is 0.372 e. The van der Waals surface area contributed by atoms with Crippen molar-refractivity contribution in [3.63, 3.8) is 0 Å². The van der Waals surface area contributed by atoms with Gasteiger partial charge in [0.2, 0.25) is 0 Å². The molecule has 104 valence electrons. The zero-order chi connectivity index (χ0) is 14.2. The van der Waals surface area contributed by atoms with Crippen molar-refractivity contribution in [3.8, 4) is 0 Å². The Morgan fingerprint density at radius 2 is 2.05 bits per heavy atom. The molecule has 0 saturated carbocycles. The second kappa shape index (κ2) is 4.96. The maximum absolute atomic E-state index is 12.3. The zero-order valence-corrected chi connectivity index (χ0v) is 11.1. The number of aromatic nitrogens is 2. The van der Waals surface area contributed by atoms with E-state index in [1.165, 1.54) is 13.2 Å². The molecule has 0 spiro atoms. The average molecular weight is 268 g/mol. The molecular formula is C11H16N4O4. The number of ether oxygens (including phenoxy) is 1. The van der Waals surface area contributed by atoms with Crippen LogP contribution in [0.15, 0.2) is 6.20 Å². The Kier molecular flexibility index (Phi) is 3.52. The number of carbonyl (C=O) groups excluding carboxylic acids is 1. The van der Waals surface area contributed by atoms with Crippen molar-refractivity contribution in [1.82, 2.24) is 14.7 Å². The van der Waals surface area contributed by atoms with Gasteiger partial charge < -0.3 is 19.8 Å². The lowest BCUT2D eigenvalue weighted by molar-refractivity contribution is -0.392. The van der Waals surface area contributed by atoms with Gasteiger partial charge in [-0.05, 0) is 18.8 Å². The standard InChI is InChI=1S/C11H16N4O4/c1-7-5-14(6-8(2)19-7)11(16)9-4-12-13(3)10(9)15(17)18/h4,7-8H,5-6H2,1-3H3/t7-,8+. The van der Waals surface area contributed by atoms with Gasteiger partial charge in [0.05, 0.1) is 18.4 Å². The first kappa shape index (κ1) is 13.5. The molecule has 0 unspecified atom stereocenters. The van der Waals surface area contributed by atoms with Crippen molar-refractivity contribution in [2.75, 3.05) is 13.1 Å². The SMILES string of the molecule is C[C@@H]1CN(C(=O)c2cnn(C)c2[N+](=O)[O-])C[C@H](C)O1. The lowest BCUT2D eigenvalue weighted by Gasteiger charge is -2.34. The van der Waals surface area contributed by atoms with Crippen LogP contribution >= 0.6 is 0 Å². The number of hydrogen-bond acceptors (Lipinski definition) is 5. The molecule has 1 aliphatic rings.